The maximum atomic E-state index is 12.1. The highest BCUT2D eigenvalue weighted by molar-refractivity contribution is 5.77. The Morgan fingerprint density at radius 1 is 1.12 bits per heavy atom. The van der Waals surface area contributed by atoms with Crippen molar-refractivity contribution in [2.75, 3.05) is 19.6 Å². The van der Waals surface area contributed by atoms with Crippen LogP contribution in [0.4, 0.5) is 0 Å². The number of benzene rings is 1. The summed E-state index contributed by atoms with van der Waals surface area (Å²) < 4.78 is 0. The Morgan fingerprint density at radius 3 is 2.21 bits per heavy atom. The lowest BCUT2D eigenvalue weighted by Gasteiger charge is -2.40. The molecule has 5 nitrogen and oxygen atoms in total. The Hall–Kier alpha value is -1.88. The fourth-order valence-corrected chi connectivity index (χ4v) is 3.48. The van der Waals surface area contributed by atoms with E-state index in [-0.39, 0.29) is 22.9 Å². The molecule has 0 aliphatic carbocycles. The second-order valence-corrected chi connectivity index (χ2v) is 7.85. The number of carbonyl (C=O) groups is 2. The molecule has 24 heavy (non-hydrogen) atoms. The summed E-state index contributed by atoms with van der Waals surface area (Å²) in [7, 11) is 0. The Morgan fingerprint density at radius 2 is 1.71 bits per heavy atom. The molecule has 1 saturated heterocycles. The lowest BCUT2D eigenvalue weighted by atomic mass is 9.80. The van der Waals surface area contributed by atoms with Crippen LogP contribution in [0.2, 0.25) is 0 Å². The first-order valence-electron chi connectivity index (χ1n) is 8.69. The lowest BCUT2D eigenvalue weighted by molar-refractivity contribution is -0.898. The normalized spacial score (nSPS) is 24.2. The van der Waals surface area contributed by atoms with E-state index in [0.29, 0.717) is 6.54 Å². The smallest absolute Gasteiger partial charge is 0.275 e. The molecule has 1 aliphatic rings. The monoisotopic (exact) mass is 332 g/mol. The molecule has 0 unspecified atom stereocenters. The van der Waals surface area contributed by atoms with Crippen LogP contribution < -0.4 is 15.5 Å². The van der Waals surface area contributed by atoms with Gasteiger partial charge in [0.25, 0.3) is 5.91 Å². The minimum absolute atomic E-state index is 0.00669. The number of carbonyl (C=O) groups excluding carboxylic acids is 2. The number of hydrogen-bond acceptors (Lipinski definition) is 2. The van der Waals surface area contributed by atoms with Crippen LogP contribution in [0, 0.1) is 0 Å². The van der Waals surface area contributed by atoms with E-state index in [2.05, 4.69) is 22.8 Å². The molecule has 132 valence electrons. The third-order valence-electron chi connectivity index (χ3n) is 4.48. The van der Waals surface area contributed by atoms with Gasteiger partial charge in [0.1, 0.15) is 0 Å². The third kappa shape index (κ3) is 5.06. The predicted octanol–water partition coefficient (Wildman–Crippen LogP) is 0.611. The van der Waals surface area contributed by atoms with Crippen LogP contribution in [0.1, 0.15) is 46.1 Å². The van der Waals surface area contributed by atoms with Crippen molar-refractivity contribution in [1.82, 2.24) is 10.6 Å². The number of rotatable bonds is 4. The van der Waals surface area contributed by atoms with Gasteiger partial charge in [-0.05, 0) is 26.3 Å². The molecule has 0 radical (unpaired) electrons. The van der Waals surface area contributed by atoms with E-state index in [0.717, 1.165) is 31.5 Å². The highest BCUT2D eigenvalue weighted by Crippen LogP contribution is 2.29. The van der Waals surface area contributed by atoms with Crippen LogP contribution in [0.25, 0.3) is 0 Å². The molecule has 1 aromatic rings. The SMILES string of the molecule is CC(=O)NC1(c2ccccc2)CC[NH+](CC(=O)NC(C)(C)C)CC1. The van der Waals surface area contributed by atoms with Crippen LogP contribution in [0.5, 0.6) is 0 Å². The average molecular weight is 332 g/mol. The second kappa shape index (κ2) is 7.34. The number of nitrogens with one attached hydrogen (secondary N) is 3. The number of hydrogen-bond donors (Lipinski definition) is 3. The van der Waals surface area contributed by atoms with E-state index >= 15 is 0 Å². The van der Waals surface area contributed by atoms with Crippen molar-refractivity contribution in [1.29, 1.82) is 0 Å². The summed E-state index contributed by atoms with van der Waals surface area (Å²) >= 11 is 0. The first kappa shape index (κ1) is 18.5. The van der Waals surface area contributed by atoms with E-state index in [1.165, 1.54) is 4.90 Å². The van der Waals surface area contributed by atoms with Gasteiger partial charge in [0.2, 0.25) is 5.91 Å². The summed E-state index contributed by atoms with van der Waals surface area (Å²) in [5.74, 6) is 0.0806. The number of amides is 2. The molecule has 0 atom stereocenters. The summed E-state index contributed by atoms with van der Waals surface area (Å²) in [6, 6.07) is 10.2. The molecule has 1 heterocycles. The molecule has 2 rings (SSSR count). The predicted molar refractivity (Wildman–Crippen MR) is 94.6 cm³/mol. The van der Waals surface area contributed by atoms with Gasteiger partial charge in [-0.2, -0.15) is 0 Å². The summed E-state index contributed by atoms with van der Waals surface area (Å²) in [6.45, 7) is 9.78. The molecule has 1 fully saturated rings. The topological polar surface area (TPSA) is 62.6 Å². The van der Waals surface area contributed by atoms with Gasteiger partial charge in [0.15, 0.2) is 6.54 Å². The lowest BCUT2D eigenvalue weighted by Crippen LogP contribution is -3.14. The minimum Gasteiger partial charge on any atom is -0.347 e. The summed E-state index contributed by atoms with van der Waals surface area (Å²) in [6.07, 6.45) is 1.68. The van der Waals surface area contributed by atoms with Crippen LogP contribution >= 0.6 is 0 Å². The largest absolute Gasteiger partial charge is 0.347 e. The minimum atomic E-state index is -0.308. The Labute approximate surface area is 144 Å². The number of quaternary nitrogens is 1. The average Bonchev–Trinajstić information content (AvgIpc) is 2.48. The van der Waals surface area contributed by atoms with Gasteiger partial charge in [-0.25, -0.2) is 0 Å². The van der Waals surface area contributed by atoms with Gasteiger partial charge in [-0.1, -0.05) is 30.3 Å². The zero-order chi connectivity index (χ0) is 17.8. The van der Waals surface area contributed by atoms with Gasteiger partial charge < -0.3 is 15.5 Å². The molecule has 1 aromatic carbocycles. The second-order valence-electron chi connectivity index (χ2n) is 7.85. The summed E-state index contributed by atoms with van der Waals surface area (Å²) in [5, 5.41) is 6.19. The third-order valence-corrected chi connectivity index (χ3v) is 4.48. The van der Waals surface area contributed by atoms with Crippen molar-refractivity contribution in [2.24, 2.45) is 0 Å². The molecule has 0 saturated carbocycles. The fourth-order valence-electron chi connectivity index (χ4n) is 3.48. The molecule has 0 spiro atoms. The van der Waals surface area contributed by atoms with E-state index < -0.39 is 0 Å². The Bertz CT molecular complexity index is 570. The van der Waals surface area contributed by atoms with Gasteiger partial charge in [-0.3, -0.25) is 9.59 Å². The van der Waals surface area contributed by atoms with Gasteiger partial charge in [0, 0.05) is 25.3 Å². The maximum absolute atomic E-state index is 12.1. The highest BCUT2D eigenvalue weighted by Gasteiger charge is 2.39. The standard InChI is InChI=1S/C19H29N3O2/c1-15(23)20-19(16-8-6-5-7-9-16)10-12-22(13-11-19)14-17(24)21-18(2,3)4/h5-9H,10-14H2,1-4H3,(H,20,23)(H,21,24)/p+1. The van der Waals surface area contributed by atoms with Crippen LogP contribution in [0.15, 0.2) is 30.3 Å². The maximum Gasteiger partial charge on any atom is 0.275 e. The molecular formula is C19H30N3O2+. The van der Waals surface area contributed by atoms with Crippen molar-refractivity contribution >= 4 is 11.8 Å². The Kier molecular flexibility index (Phi) is 5.65. The summed E-state index contributed by atoms with van der Waals surface area (Å²) in [4.78, 5) is 25.1. The van der Waals surface area contributed by atoms with Gasteiger partial charge >= 0.3 is 0 Å². The van der Waals surface area contributed by atoms with Crippen LogP contribution in [0.3, 0.4) is 0 Å². The first-order chi connectivity index (χ1) is 11.2. The molecular weight excluding hydrogens is 302 g/mol. The van der Waals surface area contributed by atoms with Crippen LogP contribution in [-0.4, -0.2) is 37.0 Å². The van der Waals surface area contributed by atoms with Crippen molar-refractivity contribution < 1.29 is 14.5 Å². The zero-order valence-electron chi connectivity index (χ0n) is 15.2. The molecule has 2 amide bonds. The van der Waals surface area contributed by atoms with Gasteiger partial charge in [-0.15, -0.1) is 0 Å². The number of likely N-dealkylation sites (tertiary alicyclic amines) is 1. The van der Waals surface area contributed by atoms with Crippen molar-refractivity contribution in [3.63, 3.8) is 0 Å². The first-order valence-corrected chi connectivity index (χ1v) is 8.69. The molecule has 3 N–H and O–H groups in total. The highest BCUT2D eigenvalue weighted by atomic mass is 16.2. The van der Waals surface area contributed by atoms with E-state index in [9.17, 15) is 9.59 Å². The van der Waals surface area contributed by atoms with E-state index in [4.69, 9.17) is 0 Å². The molecule has 5 heteroatoms. The molecule has 1 aliphatic heterocycles. The quantitative estimate of drug-likeness (QED) is 0.757. The number of piperidine rings is 1. The van der Waals surface area contributed by atoms with Crippen LogP contribution in [-0.2, 0) is 15.1 Å². The summed E-state index contributed by atoms with van der Waals surface area (Å²) in [5.41, 5.74) is 0.645. The van der Waals surface area contributed by atoms with E-state index in [1.54, 1.807) is 6.92 Å². The fraction of sp³-hybridized carbons (Fsp3) is 0.579. The molecule has 0 aromatic heterocycles. The van der Waals surface area contributed by atoms with Crippen molar-refractivity contribution in [3.8, 4) is 0 Å². The zero-order valence-corrected chi connectivity index (χ0v) is 15.2. The van der Waals surface area contributed by atoms with Gasteiger partial charge in [0.05, 0.1) is 18.6 Å². The van der Waals surface area contributed by atoms with Crippen molar-refractivity contribution in [2.45, 2.75) is 51.6 Å². The van der Waals surface area contributed by atoms with Crippen molar-refractivity contribution in [3.05, 3.63) is 35.9 Å². The van der Waals surface area contributed by atoms with E-state index in [1.807, 2.05) is 39.0 Å². The Balaban J connectivity index is 2.02. The molecule has 0 bridgehead atoms.